The normalized spacial score (nSPS) is 15.0. The summed E-state index contributed by atoms with van der Waals surface area (Å²) in [5.41, 5.74) is 2.89. The third kappa shape index (κ3) is 3.35. The van der Waals surface area contributed by atoms with Crippen LogP contribution in [-0.2, 0) is 4.74 Å². The molecule has 5 heteroatoms. The first-order chi connectivity index (χ1) is 10.0. The SMILES string of the molecule is CCOC(=O)N1CCN(C(=O)c2cccc(C)c2C)CC1. The maximum Gasteiger partial charge on any atom is 0.409 e. The number of carbonyl (C=O) groups excluding carboxylic acids is 2. The molecule has 0 radical (unpaired) electrons. The molecule has 1 fully saturated rings. The van der Waals surface area contributed by atoms with E-state index in [1.807, 2.05) is 32.0 Å². The fraction of sp³-hybridized carbons (Fsp3) is 0.500. The third-order valence-electron chi connectivity index (χ3n) is 3.93. The number of hydrogen-bond acceptors (Lipinski definition) is 3. The highest BCUT2D eigenvalue weighted by Crippen LogP contribution is 2.16. The van der Waals surface area contributed by atoms with Crippen LogP contribution >= 0.6 is 0 Å². The molecule has 0 unspecified atom stereocenters. The Morgan fingerprint density at radius 3 is 2.33 bits per heavy atom. The molecule has 21 heavy (non-hydrogen) atoms. The average Bonchev–Trinajstić information content (AvgIpc) is 2.50. The first-order valence-corrected chi connectivity index (χ1v) is 7.31. The summed E-state index contributed by atoms with van der Waals surface area (Å²) in [6.45, 7) is 8.28. The summed E-state index contributed by atoms with van der Waals surface area (Å²) >= 11 is 0. The van der Waals surface area contributed by atoms with Gasteiger partial charge >= 0.3 is 6.09 Å². The van der Waals surface area contributed by atoms with E-state index in [0.717, 1.165) is 16.7 Å². The predicted octanol–water partition coefficient (Wildman–Crippen LogP) is 2.22. The number of rotatable bonds is 2. The average molecular weight is 290 g/mol. The van der Waals surface area contributed by atoms with Gasteiger partial charge in [0.2, 0.25) is 0 Å². The van der Waals surface area contributed by atoms with Gasteiger partial charge in [-0.3, -0.25) is 4.79 Å². The van der Waals surface area contributed by atoms with Crippen molar-refractivity contribution in [3.05, 3.63) is 34.9 Å². The molecule has 1 aromatic rings. The smallest absolute Gasteiger partial charge is 0.409 e. The number of aryl methyl sites for hydroxylation is 1. The molecule has 0 spiro atoms. The highest BCUT2D eigenvalue weighted by molar-refractivity contribution is 5.96. The van der Waals surface area contributed by atoms with E-state index in [1.54, 1.807) is 16.7 Å². The minimum Gasteiger partial charge on any atom is -0.450 e. The molecule has 2 amide bonds. The molecule has 2 rings (SSSR count). The lowest BCUT2D eigenvalue weighted by Crippen LogP contribution is -2.50. The van der Waals surface area contributed by atoms with Crippen LogP contribution in [0, 0.1) is 13.8 Å². The van der Waals surface area contributed by atoms with Crippen LogP contribution in [0.4, 0.5) is 4.79 Å². The summed E-state index contributed by atoms with van der Waals surface area (Å²) < 4.78 is 4.98. The van der Waals surface area contributed by atoms with Crippen LogP contribution in [0.15, 0.2) is 18.2 Å². The zero-order valence-electron chi connectivity index (χ0n) is 12.9. The van der Waals surface area contributed by atoms with E-state index in [-0.39, 0.29) is 12.0 Å². The van der Waals surface area contributed by atoms with Crippen molar-refractivity contribution in [2.75, 3.05) is 32.8 Å². The van der Waals surface area contributed by atoms with Gasteiger partial charge in [-0.05, 0) is 38.0 Å². The molecule has 1 aliphatic rings. The molecular formula is C16H22N2O3. The minimum atomic E-state index is -0.295. The molecule has 1 heterocycles. The summed E-state index contributed by atoms with van der Waals surface area (Å²) in [5, 5.41) is 0. The van der Waals surface area contributed by atoms with Crippen LogP contribution in [0.1, 0.15) is 28.4 Å². The summed E-state index contributed by atoms with van der Waals surface area (Å²) in [4.78, 5) is 27.7. The van der Waals surface area contributed by atoms with Gasteiger partial charge in [0, 0.05) is 31.7 Å². The van der Waals surface area contributed by atoms with Gasteiger partial charge in [-0.15, -0.1) is 0 Å². The standard InChI is InChI=1S/C16H22N2O3/c1-4-21-16(20)18-10-8-17(9-11-18)15(19)14-7-5-6-12(2)13(14)3/h5-7H,4,8-11H2,1-3H3. The first-order valence-electron chi connectivity index (χ1n) is 7.31. The Morgan fingerprint density at radius 1 is 1.10 bits per heavy atom. The lowest BCUT2D eigenvalue weighted by atomic mass is 10.0. The highest BCUT2D eigenvalue weighted by Gasteiger charge is 2.26. The van der Waals surface area contributed by atoms with E-state index in [2.05, 4.69) is 0 Å². The molecule has 0 aromatic heterocycles. The number of amides is 2. The van der Waals surface area contributed by atoms with Gasteiger partial charge < -0.3 is 14.5 Å². The van der Waals surface area contributed by atoms with Gasteiger partial charge in [-0.25, -0.2) is 4.79 Å². The van der Waals surface area contributed by atoms with Crippen molar-refractivity contribution < 1.29 is 14.3 Å². The largest absolute Gasteiger partial charge is 0.450 e. The van der Waals surface area contributed by atoms with Crippen molar-refractivity contribution in [3.63, 3.8) is 0 Å². The third-order valence-corrected chi connectivity index (χ3v) is 3.93. The van der Waals surface area contributed by atoms with Crippen LogP contribution in [0.5, 0.6) is 0 Å². The Bertz CT molecular complexity index is 534. The number of nitrogens with zero attached hydrogens (tertiary/aromatic N) is 2. The summed E-state index contributed by atoms with van der Waals surface area (Å²) in [7, 11) is 0. The molecule has 1 saturated heterocycles. The summed E-state index contributed by atoms with van der Waals surface area (Å²) in [5.74, 6) is 0.0414. The van der Waals surface area contributed by atoms with Gasteiger partial charge in [-0.2, -0.15) is 0 Å². The van der Waals surface area contributed by atoms with Crippen molar-refractivity contribution in [2.24, 2.45) is 0 Å². The Hall–Kier alpha value is -2.04. The van der Waals surface area contributed by atoms with Gasteiger partial charge in [0.1, 0.15) is 0 Å². The van der Waals surface area contributed by atoms with E-state index < -0.39 is 0 Å². The van der Waals surface area contributed by atoms with Gasteiger partial charge in [0.05, 0.1) is 6.61 Å². The molecule has 0 bridgehead atoms. The van der Waals surface area contributed by atoms with E-state index in [0.29, 0.717) is 32.8 Å². The summed E-state index contributed by atoms with van der Waals surface area (Å²) in [6, 6.07) is 5.78. The first kappa shape index (κ1) is 15.4. The number of benzene rings is 1. The van der Waals surface area contributed by atoms with Crippen molar-refractivity contribution in [2.45, 2.75) is 20.8 Å². The number of carbonyl (C=O) groups is 2. The number of piperazine rings is 1. The second kappa shape index (κ2) is 6.61. The monoisotopic (exact) mass is 290 g/mol. The van der Waals surface area contributed by atoms with Crippen molar-refractivity contribution in [3.8, 4) is 0 Å². The Balaban J connectivity index is 2.00. The molecular weight excluding hydrogens is 268 g/mol. The van der Waals surface area contributed by atoms with E-state index in [1.165, 1.54) is 0 Å². The molecule has 1 aliphatic heterocycles. The molecule has 1 aromatic carbocycles. The van der Waals surface area contributed by atoms with Crippen LogP contribution in [0.2, 0.25) is 0 Å². The van der Waals surface area contributed by atoms with Gasteiger partial charge in [-0.1, -0.05) is 12.1 Å². The quantitative estimate of drug-likeness (QED) is 0.839. The van der Waals surface area contributed by atoms with Crippen LogP contribution in [0.25, 0.3) is 0 Å². The predicted molar refractivity (Wildman–Crippen MR) is 80.4 cm³/mol. The topological polar surface area (TPSA) is 49.9 Å². The molecule has 5 nitrogen and oxygen atoms in total. The van der Waals surface area contributed by atoms with Crippen LogP contribution in [0.3, 0.4) is 0 Å². The Labute approximate surface area is 125 Å². The Kier molecular flexibility index (Phi) is 4.83. The fourth-order valence-corrected chi connectivity index (χ4v) is 2.46. The second-order valence-corrected chi connectivity index (χ2v) is 5.23. The lowest BCUT2D eigenvalue weighted by molar-refractivity contribution is 0.0570. The number of ether oxygens (including phenoxy) is 1. The van der Waals surface area contributed by atoms with E-state index in [4.69, 9.17) is 4.74 Å². The molecule has 0 atom stereocenters. The highest BCUT2D eigenvalue weighted by atomic mass is 16.6. The molecule has 0 N–H and O–H groups in total. The van der Waals surface area contributed by atoms with Crippen LogP contribution < -0.4 is 0 Å². The van der Waals surface area contributed by atoms with Crippen LogP contribution in [-0.4, -0.2) is 54.6 Å². The zero-order valence-corrected chi connectivity index (χ0v) is 12.9. The molecule has 114 valence electrons. The van der Waals surface area contributed by atoms with Gasteiger partial charge in [0.15, 0.2) is 0 Å². The molecule has 0 aliphatic carbocycles. The zero-order chi connectivity index (χ0) is 15.4. The maximum atomic E-state index is 12.6. The molecule has 0 saturated carbocycles. The van der Waals surface area contributed by atoms with E-state index in [9.17, 15) is 9.59 Å². The van der Waals surface area contributed by atoms with Crippen molar-refractivity contribution >= 4 is 12.0 Å². The van der Waals surface area contributed by atoms with Gasteiger partial charge in [0.25, 0.3) is 5.91 Å². The Morgan fingerprint density at radius 2 is 1.71 bits per heavy atom. The second-order valence-electron chi connectivity index (χ2n) is 5.23. The number of hydrogen-bond donors (Lipinski definition) is 0. The fourth-order valence-electron chi connectivity index (χ4n) is 2.46. The summed E-state index contributed by atoms with van der Waals surface area (Å²) in [6.07, 6.45) is -0.295. The minimum absolute atomic E-state index is 0.0414. The van der Waals surface area contributed by atoms with Crippen molar-refractivity contribution in [1.82, 2.24) is 9.80 Å². The van der Waals surface area contributed by atoms with E-state index >= 15 is 0 Å². The maximum absolute atomic E-state index is 12.6. The van der Waals surface area contributed by atoms with Crippen molar-refractivity contribution in [1.29, 1.82) is 0 Å². The lowest BCUT2D eigenvalue weighted by Gasteiger charge is -2.34.